The largest absolute Gasteiger partial charge is 0.481 e. The van der Waals surface area contributed by atoms with Crippen molar-refractivity contribution in [3.05, 3.63) is 75.2 Å². The van der Waals surface area contributed by atoms with E-state index in [2.05, 4.69) is 157 Å². The third kappa shape index (κ3) is 39.3. The number of amides is 5. The third-order valence-corrected chi connectivity index (χ3v) is 31.7. The number of aliphatic carboxylic acids is 4. The number of piperidine rings is 8. The minimum absolute atomic E-state index is 0.0203. The van der Waals surface area contributed by atoms with Gasteiger partial charge in [-0.05, 0) is 346 Å². The molecule has 2 unspecified atom stereocenters. The number of nitrogens with zero attached hydrogens (tertiary/aromatic N) is 17. The summed E-state index contributed by atoms with van der Waals surface area (Å²) >= 11 is 5.95. The maximum atomic E-state index is 12.1. The second-order valence-corrected chi connectivity index (χ2v) is 43.1. The standard InChI is InChI=1S/C14H18N2O.C13H16ClN3O.C10H18N4.C10H21N3O.C10H18N2O.C10H19NO2.C9H16N2O.C8H17N3O.C7H14N2O2.2C6H12N2O2/c1-15-8-6-12(7-9-15)16-13-5-3-2-4-11(13)10-14(16)17;1-16-6-4-10(5-7-16)17-12-3-2-9(14)8-11(12)15-13(17)18;1-8-11-12-9(2)14(8)10-4-6-13(3)7-5-10;1-2-3-4-12-5-7-13(8-6-12)9-10(11)14;1-11-6-3-10(4-7-11)5-8-12(2)9(10)13;1-11-7-5-9(6-8-11)3-2-4-10(12)13;1-11-6-3-9(4-7-11)2-5-10-8(9)12;1-10-7-2-4-11(5-3-7)6-8(9)12;1-9-4-2-7(8,3-5-9)6(10)11;1-7-4-2-5(6(9)10)8-3-4;1-8-3-2-7-5(4-8)6(9)10/h2-5,12H,6-10H2,1H3;2-3,8,10H,4-7H2,1H3,(H,15,18);10H,4-7H2,1-3H3;2-9H2,1H3,(H2,11,14);3-8H2,1-2H3;9H,2-8H2,1H3,(H,12,13);2-7H2,1H3,(H,10,12);7,10H,2-6H2,1H3,(H2,9,12);2-5,8H2,1H3,(H,10,11);4-5,7-8H,2-3H2,1H3,(H,9,10);5,7H,2-4H2,1H3,(H,9,10)/t;;;;;;;;;4?,5-;/m.........0./s1. The van der Waals surface area contributed by atoms with Crippen LogP contribution in [-0.2, 0) is 49.6 Å². The van der Waals surface area contributed by atoms with Crippen molar-refractivity contribution >= 4 is 81.7 Å². The van der Waals surface area contributed by atoms with Gasteiger partial charge in [-0.2, -0.15) is 0 Å². The number of carbonyl (C=O) groups is 9. The number of H-pyrrole nitrogens is 1. The number of aromatic nitrogens is 5. The molecule has 41 heteroatoms. The van der Waals surface area contributed by atoms with Crippen molar-refractivity contribution in [1.29, 1.82) is 0 Å². The van der Waals surface area contributed by atoms with Gasteiger partial charge in [-0.1, -0.05) is 43.1 Å². The Labute approximate surface area is 861 Å². The Kier molecular flexibility index (Phi) is 51.2. The van der Waals surface area contributed by atoms with Gasteiger partial charge in [0.15, 0.2) is 0 Å². The van der Waals surface area contributed by atoms with Crippen LogP contribution in [0.2, 0.25) is 5.02 Å². The molecule has 5 amide bonds. The van der Waals surface area contributed by atoms with Crippen LogP contribution in [0.15, 0.2) is 47.3 Å². The van der Waals surface area contributed by atoms with Crippen molar-refractivity contribution in [3.8, 4) is 0 Å². The summed E-state index contributed by atoms with van der Waals surface area (Å²) in [6.45, 7) is 34.2. The van der Waals surface area contributed by atoms with Gasteiger partial charge in [-0.15, -0.1) is 10.2 Å². The Morgan fingerprint density at radius 3 is 1.44 bits per heavy atom. The van der Waals surface area contributed by atoms with E-state index in [1.807, 2.05) is 98.7 Å². The topological polar surface area (TPSA) is 483 Å². The van der Waals surface area contributed by atoms with E-state index in [9.17, 15) is 47.9 Å². The summed E-state index contributed by atoms with van der Waals surface area (Å²) in [6, 6.07) is 15.3. The summed E-state index contributed by atoms with van der Waals surface area (Å²) in [7, 11) is 22.5. The van der Waals surface area contributed by atoms with Gasteiger partial charge in [0.1, 0.15) is 29.3 Å². The van der Waals surface area contributed by atoms with Gasteiger partial charge in [-0.25, -0.2) is 4.79 Å². The van der Waals surface area contributed by atoms with Crippen LogP contribution in [-0.4, -0.2) is 460 Å². The number of nitrogens with one attached hydrogen (secondary N) is 6. The van der Waals surface area contributed by atoms with Crippen LogP contribution in [0, 0.1) is 30.6 Å². The van der Waals surface area contributed by atoms with Gasteiger partial charge in [-0.3, -0.25) is 57.5 Å². The van der Waals surface area contributed by atoms with Crippen LogP contribution in [0.5, 0.6) is 0 Å². The molecule has 4 aromatic rings. The minimum Gasteiger partial charge on any atom is -0.481 e. The maximum Gasteiger partial charge on any atom is 0.326 e. The Balaban J connectivity index is 0.000000194. The Morgan fingerprint density at radius 1 is 0.507 bits per heavy atom. The van der Waals surface area contributed by atoms with Crippen molar-refractivity contribution in [3.63, 3.8) is 0 Å². The summed E-state index contributed by atoms with van der Waals surface area (Å²) in [5.41, 5.74) is 19.1. The highest BCUT2D eigenvalue weighted by Gasteiger charge is 2.47. The molecular formula is C103H181ClN26O14. The molecule has 0 aliphatic carbocycles. The third-order valence-electron chi connectivity index (χ3n) is 31.4. The van der Waals surface area contributed by atoms with E-state index in [1.165, 1.54) is 76.8 Å². The molecule has 3 atom stereocenters. The molecule has 2 aromatic heterocycles. The number of piperazine rings is 2. The number of anilines is 1. The maximum absolute atomic E-state index is 12.1. The number of hydrogen-bond acceptors (Lipinski definition) is 28. The van der Waals surface area contributed by atoms with Gasteiger partial charge in [0.25, 0.3) is 0 Å². The van der Waals surface area contributed by atoms with Crippen molar-refractivity contribution in [1.82, 2.24) is 110 Å². The summed E-state index contributed by atoms with van der Waals surface area (Å²) in [5, 5.41) is 58.2. The first-order valence-corrected chi connectivity index (χ1v) is 53.4. The van der Waals surface area contributed by atoms with E-state index in [0.29, 0.717) is 98.8 Å². The first-order chi connectivity index (χ1) is 68.6. The summed E-state index contributed by atoms with van der Waals surface area (Å²) in [5.74, 6) is 0.370. The first kappa shape index (κ1) is 121. The van der Waals surface area contributed by atoms with Crippen molar-refractivity contribution in [2.75, 3.05) is 272 Å². The SMILES string of the molecule is CCCCN1CCN(CC(N)=O)CC1.CN1CCC(CCCC(=O)O)CC1.CN1CCC(N)(C(=O)O)CC1.CN1CCC(N2C(=O)Cc3ccccc32)CC1.CN1CCC(n2c(=O)[nH]c3cc(Cl)ccc32)CC1.CN1CCC2(CC1)CCN(C)C2=O.CN1CCC2(CCNC2=O)CC1.CN1CCNC(C(=O)O)C1.CNC1CCN(CC(N)=O)CC1.CNC1CN[C@H](C(=O)O)C1.Cc1nnc(C)n1C1CCN(C)CC1. The number of unbranched alkanes of at least 4 members (excludes halogenated alkanes) is 1. The monoisotopic (exact) mass is 2040 g/mol. The predicted octanol–water partition coefficient (Wildman–Crippen LogP) is 3.98. The highest BCUT2D eigenvalue weighted by Crippen LogP contribution is 2.42. The van der Waals surface area contributed by atoms with Gasteiger partial charge in [0.2, 0.25) is 29.5 Å². The first-order valence-electron chi connectivity index (χ1n) is 53.0. The van der Waals surface area contributed by atoms with E-state index < -0.39 is 29.4 Å². The smallest absolute Gasteiger partial charge is 0.326 e. The number of likely N-dealkylation sites (N-methyl/N-ethyl adjacent to an activating group) is 2. The molecule has 0 bridgehead atoms. The number of hydrogen-bond donors (Lipinski definition) is 13. The van der Waals surface area contributed by atoms with Gasteiger partial charge < -0.3 is 128 Å². The molecule has 14 aliphatic heterocycles. The lowest BCUT2D eigenvalue weighted by molar-refractivity contribution is -0.145. The van der Waals surface area contributed by atoms with Crippen LogP contribution in [0.4, 0.5) is 5.69 Å². The zero-order chi connectivity index (χ0) is 105. The van der Waals surface area contributed by atoms with Gasteiger partial charge in [0.05, 0.1) is 41.4 Å². The summed E-state index contributed by atoms with van der Waals surface area (Å²) < 4.78 is 4.17. The van der Waals surface area contributed by atoms with Crippen LogP contribution in [0.25, 0.3) is 11.0 Å². The zero-order valence-corrected chi connectivity index (χ0v) is 90.2. The number of carboxylic acid groups (broad SMARTS) is 4. The lowest BCUT2D eigenvalue weighted by atomic mass is 9.77. The number of nitrogens with two attached hydrogens (primary N) is 3. The van der Waals surface area contributed by atoms with Crippen LogP contribution >= 0.6 is 11.6 Å². The van der Waals surface area contributed by atoms with Gasteiger partial charge in [0, 0.05) is 146 Å². The number of aromatic amines is 1. The van der Waals surface area contributed by atoms with Crippen LogP contribution in [0.1, 0.15) is 190 Å². The second-order valence-electron chi connectivity index (χ2n) is 42.6. The summed E-state index contributed by atoms with van der Waals surface area (Å²) in [6.07, 6.45) is 24.9. The number of fused-ring (bicyclic) bond motifs is 2. The number of benzene rings is 2. The molecule has 16 heterocycles. The number of carbonyl (C=O) groups excluding carboxylic acids is 5. The molecule has 814 valence electrons. The molecule has 0 radical (unpaired) electrons. The molecule has 18 rings (SSSR count). The number of carboxylic acids is 4. The lowest BCUT2D eigenvalue weighted by Crippen LogP contribution is -2.54. The van der Waals surface area contributed by atoms with E-state index >= 15 is 0 Å². The molecule has 13 saturated heterocycles. The molecule has 0 saturated carbocycles. The van der Waals surface area contributed by atoms with Gasteiger partial charge >= 0.3 is 29.6 Å². The number of primary amides is 2. The molecule has 144 heavy (non-hydrogen) atoms. The molecule has 16 N–H and O–H groups in total. The Bertz CT molecular complexity index is 4590. The number of likely N-dealkylation sites (tertiary alicyclic amines) is 9. The average molecular weight is 2040 g/mol. The molecular weight excluding hydrogens is 1860 g/mol. The highest BCUT2D eigenvalue weighted by atomic mass is 35.5. The number of imidazole rings is 1. The molecule has 13 fully saturated rings. The van der Waals surface area contributed by atoms with E-state index in [0.717, 1.165) is 262 Å². The molecule has 2 aromatic carbocycles. The molecule has 14 aliphatic rings. The fourth-order valence-electron chi connectivity index (χ4n) is 21.4. The normalized spacial score (nSPS) is 23.6. The second kappa shape index (κ2) is 61.0. The van der Waals surface area contributed by atoms with E-state index in [1.54, 1.807) is 0 Å². The molecule has 2 spiro atoms. The Morgan fingerprint density at radius 2 is 0.986 bits per heavy atom. The fourth-order valence-corrected chi connectivity index (χ4v) is 21.5. The predicted molar refractivity (Wildman–Crippen MR) is 566 cm³/mol. The number of halogens is 1. The highest BCUT2D eigenvalue weighted by molar-refractivity contribution is 6.31. The average Bonchev–Trinajstić information content (AvgIpc) is 1.63. The van der Waals surface area contributed by atoms with Crippen molar-refractivity contribution in [2.45, 2.75) is 229 Å². The van der Waals surface area contributed by atoms with E-state index in [4.69, 9.17) is 49.2 Å². The Hall–Kier alpha value is -8.27. The number of rotatable bonds is 19. The quantitative estimate of drug-likeness (QED) is 0.0631. The lowest BCUT2D eigenvalue weighted by Gasteiger charge is -2.35. The van der Waals surface area contributed by atoms with E-state index in [-0.39, 0.29) is 46.3 Å². The van der Waals surface area contributed by atoms with Crippen LogP contribution < -0.4 is 54.4 Å². The zero-order valence-electron chi connectivity index (χ0n) is 89.4. The molecule has 40 nitrogen and oxygen atoms in total. The summed E-state index contributed by atoms with van der Waals surface area (Å²) in [4.78, 5) is 142. The fraction of sp³-hybridized carbons (Fsp3) is 0.767. The minimum atomic E-state index is -0.966. The number of aryl methyl sites for hydroxylation is 2. The van der Waals surface area contributed by atoms with Crippen LogP contribution in [0.3, 0.4) is 0 Å². The van der Waals surface area contributed by atoms with Crippen molar-refractivity contribution in [2.24, 2.45) is 33.9 Å². The number of para-hydroxylation sites is 1. The van der Waals surface area contributed by atoms with Crippen molar-refractivity contribution < 1.29 is 63.6 Å².